The maximum atomic E-state index is 13.1. The zero-order chi connectivity index (χ0) is 13.9. The maximum Gasteiger partial charge on any atom is 0.240 e. The molecule has 2 N–H and O–H groups in total. The van der Waals surface area contributed by atoms with Gasteiger partial charge in [0.1, 0.15) is 5.82 Å². The summed E-state index contributed by atoms with van der Waals surface area (Å²) in [4.78, 5) is -0.0241. The molecule has 0 aromatic heterocycles. The van der Waals surface area contributed by atoms with Gasteiger partial charge >= 0.3 is 0 Å². The van der Waals surface area contributed by atoms with Gasteiger partial charge in [-0.2, -0.15) is 0 Å². The first-order valence-corrected chi connectivity index (χ1v) is 7.93. The first-order valence-electron chi connectivity index (χ1n) is 6.45. The molecule has 2 rings (SSSR count). The summed E-state index contributed by atoms with van der Waals surface area (Å²) < 4.78 is 39.7. The predicted molar refractivity (Wildman–Crippen MR) is 71.7 cm³/mol. The SMILES string of the molecule is CC1CCNCC1CNS(=O)(=O)c1cccc(F)c1. The number of nitrogens with one attached hydrogen (secondary N) is 2. The molecule has 1 heterocycles. The van der Waals surface area contributed by atoms with Crippen molar-refractivity contribution < 1.29 is 12.8 Å². The van der Waals surface area contributed by atoms with E-state index >= 15 is 0 Å². The van der Waals surface area contributed by atoms with Crippen LogP contribution in [0.3, 0.4) is 0 Å². The molecule has 2 atom stereocenters. The van der Waals surface area contributed by atoms with Crippen LogP contribution in [0, 0.1) is 17.7 Å². The normalized spacial score (nSPS) is 24.3. The molecule has 4 nitrogen and oxygen atoms in total. The second-order valence-corrected chi connectivity index (χ2v) is 6.81. The smallest absolute Gasteiger partial charge is 0.240 e. The predicted octanol–water partition coefficient (Wildman–Crippen LogP) is 1.35. The summed E-state index contributed by atoms with van der Waals surface area (Å²) in [5, 5.41) is 3.26. The second-order valence-electron chi connectivity index (χ2n) is 5.04. The first-order chi connectivity index (χ1) is 8.99. The van der Waals surface area contributed by atoms with Crippen LogP contribution in [0.1, 0.15) is 13.3 Å². The van der Waals surface area contributed by atoms with Gasteiger partial charge in [0.2, 0.25) is 10.0 Å². The van der Waals surface area contributed by atoms with Gasteiger partial charge in [0.15, 0.2) is 0 Å². The van der Waals surface area contributed by atoms with Crippen LogP contribution in [0.4, 0.5) is 4.39 Å². The van der Waals surface area contributed by atoms with Crippen molar-refractivity contribution in [2.45, 2.75) is 18.2 Å². The van der Waals surface area contributed by atoms with E-state index in [1.54, 1.807) is 0 Å². The molecular formula is C13H19FN2O2S. The Morgan fingerprint density at radius 3 is 2.95 bits per heavy atom. The molecule has 1 aliphatic rings. The quantitative estimate of drug-likeness (QED) is 0.878. The third-order valence-electron chi connectivity index (χ3n) is 3.63. The lowest BCUT2D eigenvalue weighted by Crippen LogP contribution is -2.42. The highest BCUT2D eigenvalue weighted by Crippen LogP contribution is 2.18. The molecule has 1 aromatic carbocycles. The number of sulfonamides is 1. The van der Waals surface area contributed by atoms with Gasteiger partial charge in [0, 0.05) is 6.54 Å². The fourth-order valence-corrected chi connectivity index (χ4v) is 3.39. The molecule has 1 fully saturated rings. The van der Waals surface area contributed by atoms with Crippen molar-refractivity contribution in [3.63, 3.8) is 0 Å². The van der Waals surface area contributed by atoms with E-state index in [2.05, 4.69) is 17.0 Å². The Labute approximate surface area is 113 Å². The third-order valence-corrected chi connectivity index (χ3v) is 5.05. The van der Waals surface area contributed by atoms with Crippen LogP contribution >= 0.6 is 0 Å². The Bertz CT molecular complexity index is 533. The highest BCUT2D eigenvalue weighted by molar-refractivity contribution is 7.89. The van der Waals surface area contributed by atoms with Gasteiger partial charge in [-0.05, 0) is 49.5 Å². The summed E-state index contributed by atoms with van der Waals surface area (Å²) in [6, 6.07) is 5.06. The van der Waals surface area contributed by atoms with Crippen molar-refractivity contribution in [3.8, 4) is 0 Å². The lowest BCUT2D eigenvalue weighted by molar-refractivity contribution is 0.275. The molecule has 0 spiro atoms. The van der Waals surface area contributed by atoms with Crippen molar-refractivity contribution in [1.29, 1.82) is 0 Å². The molecule has 0 bridgehead atoms. The number of hydrogen-bond donors (Lipinski definition) is 2. The van der Waals surface area contributed by atoms with Crippen LogP contribution in [0.25, 0.3) is 0 Å². The van der Waals surface area contributed by atoms with Gasteiger partial charge in [-0.15, -0.1) is 0 Å². The Morgan fingerprint density at radius 2 is 2.26 bits per heavy atom. The van der Waals surface area contributed by atoms with E-state index in [1.165, 1.54) is 18.2 Å². The van der Waals surface area contributed by atoms with Crippen molar-refractivity contribution in [3.05, 3.63) is 30.1 Å². The maximum absolute atomic E-state index is 13.1. The summed E-state index contributed by atoms with van der Waals surface area (Å²) in [5.74, 6) is 0.212. The molecule has 0 saturated carbocycles. The summed E-state index contributed by atoms with van der Waals surface area (Å²) >= 11 is 0. The molecule has 1 aliphatic heterocycles. The lowest BCUT2D eigenvalue weighted by Gasteiger charge is -2.29. The molecule has 0 amide bonds. The zero-order valence-electron chi connectivity index (χ0n) is 10.9. The van der Waals surface area contributed by atoms with Gasteiger partial charge in [-0.1, -0.05) is 13.0 Å². The van der Waals surface area contributed by atoms with Crippen molar-refractivity contribution in [1.82, 2.24) is 10.0 Å². The minimum Gasteiger partial charge on any atom is -0.316 e. The van der Waals surface area contributed by atoms with Gasteiger partial charge in [-0.3, -0.25) is 0 Å². The van der Waals surface area contributed by atoms with E-state index in [0.29, 0.717) is 12.5 Å². The average Bonchev–Trinajstić information content (AvgIpc) is 2.38. The molecule has 0 aliphatic carbocycles. The van der Waals surface area contributed by atoms with Crippen LogP contribution in [0.5, 0.6) is 0 Å². The summed E-state index contributed by atoms with van der Waals surface area (Å²) in [5.41, 5.74) is 0. The van der Waals surface area contributed by atoms with Crippen molar-refractivity contribution >= 4 is 10.0 Å². The van der Waals surface area contributed by atoms with E-state index < -0.39 is 15.8 Å². The number of halogens is 1. The van der Waals surface area contributed by atoms with Crippen molar-refractivity contribution in [2.24, 2.45) is 11.8 Å². The van der Waals surface area contributed by atoms with Crippen LogP contribution in [0.2, 0.25) is 0 Å². The fourth-order valence-electron chi connectivity index (χ4n) is 2.26. The highest BCUT2D eigenvalue weighted by atomic mass is 32.2. The van der Waals surface area contributed by atoms with Crippen LogP contribution in [-0.4, -0.2) is 28.1 Å². The van der Waals surface area contributed by atoms with E-state index in [0.717, 1.165) is 25.6 Å². The molecule has 2 unspecified atom stereocenters. The van der Waals surface area contributed by atoms with Gasteiger partial charge < -0.3 is 5.32 Å². The minimum absolute atomic E-state index is 0.0241. The van der Waals surface area contributed by atoms with Gasteiger partial charge in [0.25, 0.3) is 0 Å². The summed E-state index contributed by atoms with van der Waals surface area (Å²) in [7, 11) is -3.62. The highest BCUT2D eigenvalue weighted by Gasteiger charge is 2.23. The van der Waals surface area contributed by atoms with E-state index in [1.807, 2.05) is 0 Å². The fraction of sp³-hybridized carbons (Fsp3) is 0.538. The lowest BCUT2D eigenvalue weighted by atomic mass is 9.88. The molecule has 6 heteroatoms. The zero-order valence-corrected chi connectivity index (χ0v) is 11.7. The Balaban J connectivity index is 2.01. The molecule has 0 radical (unpaired) electrons. The largest absolute Gasteiger partial charge is 0.316 e. The molecule has 1 saturated heterocycles. The molecular weight excluding hydrogens is 267 g/mol. The first kappa shape index (κ1) is 14.4. The van der Waals surface area contributed by atoms with Crippen LogP contribution in [-0.2, 0) is 10.0 Å². The summed E-state index contributed by atoms with van der Waals surface area (Å²) in [6.07, 6.45) is 1.05. The van der Waals surface area contributed by atoms with Gasteiger partial charge in [-0.25, -0.2) is 17.5 Å². The monoisotopic (exact) mass is 286 g/mol. The number of benzene rings is 1. The number of piperidine rings is 1. The Morgan fingerprint density at radius 1 is 1.47 bits per heavy atom. The topological polar surface area (TPSA) is 58.2 Å². The standard InChI is InChI=1S/C13H19FN2O2S/c1-10-5-6-15-8-11(10)9-16-19(17,18)13-4-2-3-12(14)7-13/h2-4,7,10-11,15-16H,5-6,8-9H2,1H3. The van der Waals surface area contributed by atoms with Gasteiger partial charge in [0.05, 0.1) is 4.90 Å². The number of rotatable bonds is 4. The van der Waals surface area contributed by atoms with Crippen molar-refractivity contribution in [2.75, 3.05) is 19.6 Å². The summed E-state index contributed by atoms with van der Waals surface area (Å²) in [6.45, 7) is 4.30. The third kappa shape index (κ3) is 3.75. The Hall–Kier alpha value is -0.980. The molecule has 19 heavy (non-hydrogen) atoms. The van der Waals surface area contributed by atoms with E-state index in [4.69, 9.17) is 0 Å². The minimum atomic E-state index is -3.62. The average molecular weight is 286 g/mol. The Kier molecular flexibility index (Phi) is 4.54. The van der Waals surface area contributed by atoms with E-state index in [9.17, 15) is 12.8 Å². The molecule has 106 valence electrons. The second kappa shape index (κ2) is 5.98. The van der Waals surface area contributed by atoms with Crippen LogP contribution in [0.15, 0.2) is 29.2 Å². The van der Waals surface area contributed by atoms with Crippen LogP contribution < -0.4 is 10.0 Å². The van der Waals surface area contributed by atoms with E-state index in [-0.39, 0.29) is 10.8 Å². The number of hydrogen-bond acceptors (Lipinski definition) is 3. The molecule has 1 aromatic rings.